The van der Waals surface area contributed by atoms with Gasteiger partial charge in [0.25, 0.3) is 0 Å². The number of nitrogens with zero attached hydrogens (tertiary/aromatic N) is 7. The molecule has 0 saturated heterocycles. The molecule has 0 spiro atoms. The molecule has 4 aromatic heterocycles. The first-order chi connectivity index (χ1) is 16.0. The van der Waals surface area contributed by atoms with Crippen molar-refractivity contribution in [2.75, 3.05) is 24.2 Å². The van der Waals surface area contributed by atoms with Gasteiger partial charge in [-0.1, -0.05) is 22.9 Å². The van der Waals surface area contributed by atoms with Gasteiger partial charge < -0.3 is 15.5 Å². The lowest BCUT2D eigenvalue weighted by molar-refractivity contribution is 0.262. The van der Waals surface area contributed by atoms with Gasteiger partial charge in [-0.05, 0) is 38.8 Å². The van der Waals surface area contributed by atoms with Crippen LogP contribution in [-0.4, -0.2) is 54.5 Å². The molecule has 0 radical (unpaired) electrons. The lowest BCUT2D eigenvalue weighted by Crippen LogP contribution is -2.24. The van der Waals surface area contributed by atoms with E-state index < -0.39 is 6.03 Å². The van der Waals surface area contributed by atoms with Crippen molar-refractivity contribution in [2.24, 2.45) is 5.92 Å². The fourth-order valence-electron chi connectivity index (χ4n) is 3.63. The van der Waals surface area contributed by atoms with Crippen LogP contribution in [0.2, 0.25) is 5.02 Å². The van der Waals surface area contributed by atoms with Gasteiger partial charge >= 0.3 is 6.03 Å². The molecule has 2 N–H and O–H groups in total. The minimum atomic E-state index is -0.419. The van der Waals surface area contributed by atoms with E-state index >= 15 is 0 Å². The maximum absolute atomic E-state index is 12.8. The van der Waals surface area contributed by atoms with Crippen LogP contribution >= 0.6 is 22.9 Å². The summed E-state index contributed by atoms with van der Waals surface area (Å²) in [7, 11) is 2.09. The average molecular weight is 484 g/mol. The topological polar surface area (TPSA) is 114 Å². The van der Waals surface area contributed by atoms with Gasteiger partial charge in [0.05, 0.1) is 46.2 Å². The third-order valence-corrected chi connectivity index (χ3v) is 6.43. The number of rotatable bonds is 7. The highest BCUT2D eigenvalue weighted by Crippen LogP contribution is 2.32. The highest BCUT2D eigenvalue weighted by molar-refractivity contribution is 7.18. The van der Waals surface area contributed by atoms with Crippen LogP contribution < -0.4 is 10.6 Å². The van der Waals surface area contributed by atoms with E-state index in [0.717, 1.165) is 33.4 Å². The number of nitrogens with one attached hydrogen (secondary N) is 2. The summed E-state index contributed by atoms with van der Waals surface area (Å²) < 4.78 is 0. The molecular formula is C21H22ClN9OS. The van der Waals surface area contributed by atoms with Crippen molar-refractivity contribution in [3.05, 3.63) is 46.4 Å². The second kappa shape index (κ2) is 9.00. The quantitative estimate of drug-likeness (QED) is 0.406. The first-order valence-electron chi connectivity index (χ1n) is 10.5. The summed E-state index contributed by atoms with van der Waals surface area (Å²) >= 11 is 7.85. The average Bonchev–Trinajstić information content (AvgIpc) is 3.25. The molecule has 1 aliphatic carbocycles. The van der Waals surface area contributed by atoms with Crippen molar-refractivity contribution < 1.29 is 4.79 Å². The Morgan fingerprint density at radius 3 is 2.76 bits per heavy atom. The van der Waals surface area contributed by atoms with Gasteiger partial charge in [0.1, 0.15) is 10.3 Å². The first-order valence-corrected chi connectivity index (χ1v) is 11.7. The zero-order valence-corrected chi connectivity index (χ0v) is 19.7. The second-order valence-electron chi connectivity index (χ2n) is 8.10. The van der Waals surface area contributed by atoms with Crippen LogP contribution in [0, 0.1) is 12.8 Å². The van der Waals surface area contributed by atoms with E-state index in [9.17, 15) is 4.79 Å². The zero-order valence-electron chi connectivity index (χ0n) is 18.1. The Bertz CT molecular complexity index is 1300. The molecule has 0 aliphatic heterocycles. The smallest absolute Gasteiger partial charge is 0.306 e. The van der Waals surface area contributed by atoms with E-state index in [2.05, 4.69) is 47.7 Å². The molecule has 10 nitrogen and oxygen atoms in total. The molecular weight excluding hydrogens is 462 g/mol. The molecule has 0 atom stereocenters. The molecule has 5 rings (SSSR count). The lowest BCUT2D eigenvalue weighted by Gasteiger charge is -2.19. The first kappa shape index (κ1) is 21.7. The fraction of sp³-hybridized carbons (Fsp3) is 0.333. The number of halogens is 1. The third kappa shape index (κ3) is 4.95. The van der Waals surface area contributed by atoms with Crippen molar-refractivity contribution in [1.82, 2.24) is 34.8 Å². The number of aromatic nitrogens is 6. The highest BCUT2D eigenvalue weighted by atomic mass is 35.5. The number of amides is 2. The molecule has 0 bridgehead atoms. The molecule has 1 fully saturated rings. The van der Waals surface area contributed by atoms with Crippen molar-refractivity contribution in [3.8, 4) is 5.82 Å². The number of urea groups is 1. The van der Waals surface area contributed by atoms with E-state index in [-0.39, 0.29) is 0 Å². The van der Waals surface area contributed by atoms with Gasteiger partial charge in [-0.15, -0.1) is 4.80 Å². The molecule has 1 aliphatic rings. The Labute approximate surface area is 199 Å². The molecule has 0 aromatic carbocycles. The van der Waals surface area contributed by atoms with Gasteiger partial charge in [0.15, 0.2) is 5.82 Å². The predicted molar refractivity (Wildman–Crippen MR) is 128 cm³/mol. The summed E-state index contributed by atoms with van der Waals surface area (Å²) in [5.74, 6) is 1.14. The van der Waals surface area contributed by atoms with E-state index in [1.165, 1.54) is 36.2 Å². The number of anilines is 2. The molecule has 0 unspecified atom stereocenters. The molecule has 1 saturated carbocycles. The van der Waals surface area contributed by atoms with Crippen LogP contribution in [0.25, 0.3) is 16.2 Å². The summed E-state index contributed by atoms with van der Waals surface area (Å²) in [5, 5.41) is 15.0. The minimum Gasteiger partial charge on any atom is -0.306 e. The Balaban J connectivity index is 1.35. The van der Waals surface area contributed by atoms with Gasteiger partial charge in [-0.25, -0.2) is 19.7 Å². The predicted octanol–water partition coefficient (Wildman–Crippen LogP) is 4.11. The molecule has 4 heterocycles. The number of carbonyl (C=O) groups is 1. The van der Waals surface area contributed by atoms with Crippen LogP contribution in [0.4, 0.5) is 16.2 Å². The van der Waals surface area contributed by atoms with Crippen LogP contribution in [-0.2, 0) is 6.54 Å². The summed E-state index contributed by atoms with van der Waals surface area (Å²) in [5.41, 5.74) is 2.86. The molecule has 2 amide bonds. The van der Waals surface area contributed by atoms with E-state index in [0.29, 0.717) is 28.8 Å². The molecule has 33 heavy (non-hydrogen) atoms. The number of thiazole rings is 1. The van der Waals surface area contributed by atoms with Crippen molar-refractivity contribution in [1.29, 1.82) is 0 Å². The monoisotopic (exact) mass is 483 g/mol. The van der Waals surface area contributed by atoms with Crippen molar-refractivity contribution in [3.63, 3.8) is 0 Å². The number of hydrogen-bond donors (Lipinski definition) is 2. The lowest BCUT2D eigenvalue weighted by atomic mass is 10.2. The Morgan fingerprint density at radius 1 is 1.24 bits per heavy atom. The van der Waals surface area contributed by atoms with Crippen molar-refractivity contribution in [2.45, 2.75) is 26.3 Å². The number of hydrogen-bond acceptors (Lipinski definition) is 8. The van der Waals surface area contributed by atoms with Crippen LogP contribution in [0.1, 0.15) is 23.4 Å². The third-order valence-electron chi connectivity index (χ3n) is 5.27. The standard InChI is InChI=1S/C21H22ClN9OS/c1-12-27-18-15(11-30(2)10-13-3-4-13)17(9-24-20(18)33-12)29-21(32)28-14-7-16(22)19(23-8-14)31-25-5-6-26-31/h5-9,13H,3-4,10-11H2,1-2H3,(H2,28,29,32). The van der Waals surface area contributed by atoms with Gasteiger partial charge in [-0.2, -0.15) is 10.2 Å². The summed E-state index contributed by atoms with van der Waals surface area (Å²) in [6.07, 6.45) is 8.83. The second-order valence-corrected chi connectivity index (χ2v) is 9.69. The zero-order chi connectivity index (χ0) is 22.9. The SMILES string of the molecule is Cc1nc2c(CN(C)CC3CC3)c(NC(=O)Nc3cnc(-n4nccn4)c(Cl)c3)cnc2s1. The largest absolute Gasteiger partial charge is 0.323 e. The normalized spacial score (nSPS) is 13.6. The van der Waals surface area contributed by atoms with E-state index in [1.807, 2.05) is 6.92 Å². The summed E-state index contributed by atoms with van der Waals surface area (Å²) in [4.78, 5) is 30.7. The number of fused-ring (bicyclic) bond motifs is 1. The maximum atomic E-state index is 12.8. The summed E-state index contributed by atoms with van der Waals surface area (Å²) in [6.45, 7) is 3.66. The molecule has 12 heteroatoms. The maximum Gasteiger partial charge on any atom is 0.323 e. The van der Waals surface area contributed by atoms with Crippen molar-refractivity contribution >= 4 is 50.7 Å². The van der Waals surface area contributed by atoms with E-state index in [4.69, 9.17) is 11.6 Å². The summed E-state index contributed by atoms with van der Waals surface area (Å²) in [6, 6.07) is 1.18. The Morgan fingerprint density at radius 2 is 2.03 bits per heavy atom. The number of carbonyl (C=O) groups excluding carboxylic acids is 1. The van der Waals surface area contributed by atoms with Crippen LogP contribution in [0.15, 0.2) is 30.9 Å². The fourth-order valence-corrected chi connectivity index (χ4v) is 4.66. The number of pyridine rings is 2. The van der Waals surface area contributed by atoms with Gasteiger partial charge in [-0.3, -0.25) is 0 Å². The Hall–Kier alpha value is -3.15. The minimum absolute atomic E-state index is 0.312. The molecule has 4 aromatic rings. The molecule has 170 valence electrons. The van der Waals surface area contributed by atoms with Gasteiger partial charge in [0.2, 0.25) is 0 Å². The number of aryl methyl sites for hydroxylation is 1. The van der Waals surface area contributed by atoms with Gasteiger partial charge in [0, 0.05) is 18.7 Å². The van der Waals surface area contributed by atoms with Crippen LogP contribution in [0.3, 0.4) is 0 Å². The van der Waals surface area contributed by atoms with Crippen LogP contribution in [0.5, 0.6) is 0 Å². The highest BCUT2D eigenvalue weighted by Gasteiger charge is 2.24. The Kier molecular flexibility index (Phi) is 5.92. The van der Waals surface area contributed by atoms with E-state index in [1.54, 1.807) is 23.6 Å².